The molecule has 11 heteroatoms. The summed E-state index contributed by atoms with van der Waals surface area (Å²) in [6.45, 7) is 5.92. The second-order valence-electron chi connectivity index (χ2n) is 8.60. The van der Waals surface area contributed by atoms with Crippen LogP contribution in [0, 0.1) is 15.9 Å². The van der Waals surface area contributed by atoms with E-state index in [0.29, 0.717) is 61.9 Å². The van der Waals surface area contributed by atoms with E-state index in [-0.39, 0.29) is 5.56 Å². The fourth-order valence-corrected chi connectivity index (χ4v) is 3.41. The van der Waals surface area contributed by atoms with Gasteiger partial charge in [-0.1, -0.05) is 0 Å². The zero-order valence-electron chi connectivity index (χ0n) is 19.1. The Bertz CT molecular complexity index is 1090. The van der Waals surface area contributed by atoms with Crippen molar-refractivity contribution in [3.05, 3.63) is 57.4 Å². The van der Waals surface area contributed by atoms with Gasteiger partial charge in [0.05, 0.1) is 41.2 Å². The molecule has 0 unspecified atom stereocenters. The fourth-order valence-electron chi connectivity index (χ4n) is 3.41. The Morgan fingerprint density at radius 2 is 2.03 bits per heavy atom. The number of non-ortho nitro benzene ring substituents is 1. The second kappa shape index (κ2) is 10.6. The molecule has 1 heterocycles. The van der Waals surface area contributed by atoms with Crippen LogP contribution in [0.3, 0.4) is 0 Å². The number of hydrogen-bond donors (Lipinski definition) is 3. The van der Waals surface area contributed by atoms with E-state index < -0.39 is 27.9 Å². The van der Waals surface area contributed by atoms with E-state index in [1.807, 2.05) is 4.90 Å². The van der Waals surface area contributed by atoms with Gasteiger partial charge in [0.15, 0.2) is 0 Å². The van der Waals surface area contributed by atoms with Gasteiger partial charge in [0.2, 0.25) is 0 Å². The highest BCUT2D eigenvalue weighted by molar-refractivity contribution is 6.07. The van der Waals surface area contributed by atoms with Crippen molar-refractivity contribution < 1.29 is 24.0 Å². The standard InChI is InChI=1S/C23H28FN5O5/c1-23(2,31)3-4-26-14-16-11-20(21(13-19(16)25)28-5-7-34-8-6-28)27-22(30)15-9-17(24)12-18(10-15)29(32)33/h9-14,31H,3-8,25H2,1-2H3,(H,27,30). The van der Waals surface area contributed by atoms with E-state index in [0.717, 1.165) is 18.2 Å². The Morgan fingerprint density at radius 3 is 2.68 bits per heavy atom. The summed E-state index contributed by atoms with van der Waals surface area (Å²) in [6.07, 6.45) is 2.02. The smallest absolute Gasteiger partial charge is 0.273 e. The summed E-state index contributed by atoms with van der Waals surface area (Å²) in [5.41, 5.74) is 6.73. The van der Waals surface area contributed by atoms with Gasteiger partial charge >= 0.3 is 0 Å². The van der Waals surface area contributed by atoms with Crippen molar-refractivity contribution in [3.63, 3.8) is 0 Å². The average molecular weight is 474 g/mol. The number of aliphatic imine (C=N–C) groups is 1. The van der Waals surface area contributed by atoms with E-state index in [1.165, 1.54) is 0 Å². The molecule has 0 aromatic heterocycles. The molecule has 2 aromatic carbocycles. The second-order valence-corrected chi connectivity index (χ2v) is 8.60. The lowest BCUT2D eigenvalue weighted by molar-refractivity contribution is -0.385. The van der Waals surface area contributed by atoms with Crippen LogP contribution < -0.4 is 16.0 Å². The molecule has 4 N–H and O–H groups in total. The van der Waals surface area contributed by atoms with Crippen molar-refractivity contribution in [2.45, 2.75) is 25.9 Å². The molecule has 1 aliphatic rings. The number of rotatable bonds is 8. The first-order chi connectivity index (χ1) is 16.0. The molecule has 0 bridgehead atoms. The van der Waals surface area contributed by atoms with E-state index in [1.54, 1.807) is 32.2 Å². The Kier molecular flexibility index (Phi) is 7.79. The molecule has 1 fully saturated rings. The number of benzene rings is 2. The number of nitro groups is 1. The summed E-state index contributed by atoms with van der Waals surface area (Å²) in [4.78, 5) is 29.5. The molecule has 0 aliphatic carbocycles. The first-order valence-electron chi connectivity index (χ1n) is 10.8. The predicted molar refractivity (Wildman–Crippen MR) is 128 cm³/mol. The number of hydrogen-bond acceptors (Lipinski definition) is 8. The Morgan fingerprint density at radius 1 is 1.32 bits per heavy atom. The van der Waals surface area contributed by atoms with Crippen LogP contribution >= 0.6 is 0 Å². The third-order valence-electron chi connectivity index (χ3n) is 5.24. The van der Waals surface area contributed by atoms with Crippen LogP contribution in [-0.2, 0) is 4.74 Å². The van der Waals surface area contributed by atoms with Gasteiger partial charge in [0.1, 0.15) is 5.82 Å². The average Bonchev–Trinajstić information content (AvgIpc) is 2.77. The molecular formula is C23H28FN5O5. The molecule has 1 amide bonds. The molecule has 3 rings (SSSR count). The van der Waals surface area contributed by atoms with Gasteiger partial charge in [-0.15, -0.1) is 0 Å². The highest BCUT2D eigenvalue weighted by Gasteiger charge is 2.20. The van der Waals surface area contributed by atoms with Crippen molar-refractivity contribution in [1.82, 2.24) is 0 Å². The van der Waals surface area contributed by atoms with Crippen LogP contribution in [0.25, 0.3) is 0 Å². The fraction of sp³-hybridized carbons (Fsp3) is 0.391. The van der Waals surface area contributed by atoms with Gasteiger partial charge < -0.3 is 25.8 Å². The lowest BCUT2D eigenvalue weighted by Crippen LogP contribution is -2.37. The lowest BCUT2D eigenvalue weighted by atomic mass is 10.1. The summed E-state index contributed by atoms with van der Waals surface area (Å²) in [6, 6.07) is 6.07. The molecule has 1 aliphatic heterocycles. The van der Waals surface area contributed by atoms with Crippen LogP contribution in [0.15, 0.2) is 35.3 Å². The minimum atomic E-state index is -0.885. The highest BCUT2D eigenvalue weighted by atomic mass is 19.1. The summed E-state index contributed by atoms with van der Waals surface area (Å²) in [5, 5.41) is 23.6. The number of anilines is 3. The van der Waals surface area contributed by atoms with Crippen LogP contribution in [0.4, 0.5) is 27.1 Å². The van der Waals surface area contributed by atoms with Gasteiger partial charge in [-0.2, -0.15) is 0 Å². The predicted octanol–water partition coefficient (Wildman–Crippen LogP) is 2.98. The van der Waals surface area contributed by atoms with Crippen molar-refractivity contribution in [3.8, 4) is 0 Å². The maximum atomic E-state index is 13.9. The summed E-state index contributed by atoms with van der Waals surface area (Å²) >= 11 is 0. The van der Waals surface area contributed by atoms with E-state index in [9.17, 15) is 24.4 Å². The number of nitrogen functional groups attached to an aromatic ring is 1. The molecule has 0 spiro atoms. The summed E-state index contributed by atoms with van der Waals surface area (Å²) < 4.78 is 19.3. The Hall–Kier alpha value is -3.57. The van der Waals surface area contributed by atoms with Crippen molar-refractivity contribution in [2.24, 2.45) is 4.99 Å². The van der Waals surface area contributed by atoms with Gasteiger partial charge in [-0.3, -0.25) is 19.9 Å². The molecular weight excluding hydrogens is 445 g/mol. The Balaban J connectivity index is 1.93. The van der Waals surface area contributed by atoms with Crippen LogP contribution in [0.1, 0.15) is 36.2 Å². The molecule has 1 saturated heterocycles. The monoisotopic (exact) mass is 473 g/mol. The third-order valence-corrected chi connectivity index (χ3v) is 5.24. The minimum absolute atomic E-state index is 0.183. The van der Waals surface area contributed by atoms with Crippen molar-refractivity contribution >= 4 is 34.9 Å². The van der Waals surface area contributed by atoms with E-state index in [4.69, 9.17) is 10.5 Å². The van der Waals surface area contributed by atoms with Crippen LogP contribution in [0.5, 0.6) is 0 Å². The molecule has 0 radical (unpaired) electrons. The quantitative estimate of drug-likeness (QED) is 0.231. The number of ether oxygens (including phenoxy) is 1. The third kappa shape index (κ3) is 6.72. The zero-order valence-corrected chi connectivity index (χ0v) is 19.1. The van der Waals surface area contributed by atoms with Gasteiger partial charge in [0, 0.05) is 48.7 Å². The number of nitrogens with two attached hydrogens (primary N) is 1. The zero-order chi connectivity index (χ0) is 24.9. The summed E-state index contributed by atoms with van der Waals surface area (Å²) in [5.74, 6) is -1.59. The number of nitro benzene ring substituents is 1. The molecule has 0 atom stereocenters. The van der Waals surface area contributed by atoms with Crippen LogP contribution in [0.2, 0.25) is 0 Å². The maximum Gasteiger partial charge on any atom is 0.273 e. The molecule has 10 nitrogen and oxygen atoms in total. The highest BCUT2D eigenvalue weighted by Crippen LogP contribution is 2.32. The number of aliphatic hydroxyl groups is 1. The van der Waals surface area contributed by atoms with Crippen molar-refractivity contribution in [2.75, 3.05) is 48.8 Å². The number of halogens is 1. The number of amides is 1. The molecule has 2 aromatic rings. The van der Waals surface area contributed by atoms with Gasteiger partial charge in [0.25, 0.3) is 11.6 Å². The number of nitrogens with zero attached hydrogens (tertiary/aromatic N) is 3. The first kappa shape index (κ1) is 25.1. The summed E-state index contributed by atoms with van der Waals surface area (Å²) in [7, 11) is 0. The molecule has 0 saturated carbocycles. The van der Waals surface area contributed by atoms with Crippen molar-refractivity contribution in [1.29, 1.82) is 0 Å². The minimum Gasteiger partial charge on any atom is -0.398 e. The van der Waals surface area contributed by atoms with Gasteiger partial charge in [-0.25, -0.2) is 4.39 Å². The van der Waals surface area contributed by atoms with Crippen LogP contribution in [-0.4, -0.2) is 60.6 Å². The van der Waals surface area contributed by atoms with E-state index >= 15 is 0 Å². The number of morpholine rings is 1. The largest absolute Gasteiger partial charge is 0.398 e. The number of nitrogens with one attached hydrogen (secondary N) is 1. The normalized spacial score (nSPS) is 14.4. The van der Waals surface area contributed by atoms with Gasteiger partial charge in [-0.05, 0) is 38.5 Å². The molecule has 34 heavy (non-hydrogen) atoms. The number of carbonyl (C=O) groups is 1. The number of carbonyl (C=O) groups excluding carboxylic acids is 1. The van der Waals surface area contributed by atoms with E-state index in [2.05, 4.69) is 10.3 Å². The lowest BCUT2D eigenvalue weighted by Gasteiger charge is -2.31. The maximum absolute atomic E-state index is 13.9. The topological polar surface area (TPSA) is 143 Å². The molecule has 182 valence electrons. The SMILES string of the molecule is CC(C)(O)CCN=Cc1cc(NC(=O)c2cc(F)cc([N+](=O)[O-])c2)c(N2CCOCC2)cc1N. The Labute approximate surface area is 196 Å². The first-order valence-corrected chi connectivity index (χ1v) is 10.8.